The predicted octanol–water partition coefficient (Wildman–Crippen LogP) is 1.05. The molecule has 0 saturated carbocycles. The maximum atomic E-state index is 12.2. The molecule has 0 spiro atoms. The van der Waals surface area contributed by atoms with Crippen molar-refractivity contribution >= 4 is 23.4 Å². The van der Waals surface area contributed by atoms with E-state index >= 15 is 0 Å². The van der Waals surface area contributed by atoms with Crippen molar-refractivity contribution in [2.45, 2.75) is 13.0 Å². The molecule has 0 radical (unpaired) electrons. The molecule has 0 unspecified atom stereocenters. The maximum Gasteiger partial charge on any atom is 0.248 e. The van der Waals surface area contributed by atoms with Crippen LogP contribution in [-0.4, -0.2) is 66.8 Å². The molecule has 3 amide bonds. The number of benzene rings is 2. The summed E-state index contributed by atoms with van der Waals surface area (Å²) in [6.07, 6.45) is 0.384. The zero-order valence-electron chi connectivity index (χ0n) is 17.5. The minimum atomic E-state index is -0.495. The van der Waals surface area contributed by atoms with Crippen molar-refractivity contribution in [2.75, 3.05) is 44.6 Å². The summed E-state index contributed by atoms with van der Waals surface area (Å²) in [6, 6.07) is 16.4. The first-order chi connectivity index (χ1) is 15.0. The van der Waals surface area contributed by atoms with Gasteiger partial charge in [-0.2, -0.15) is 0 Å². The van der Waals surface area contributed by atoms with Gasteiger partial charge in [-0.15, -0.1) is 0 Å². The molecule has 1 saturated heterocycles. The second-order valence-electron chi connectivity index (χ2n) is 7.62. The molecule has 1 heterocycles. The number of piperazine rings is 1. The van der Waals surface area contributed by atoms with E-state index in [9.17, 15) is 14.4 Å². The van der Waals surface area contributed by atoms with E-state index in [2.05, 4.69) is 20.4 Å². The third kappa shape index (κ3) is 7.51. The van der Waals surface area contributed by atoms with Crippen molar-refractivity contribution in [1.29, 1.82) is 0 Å². The lowest BCUT2D eigenvalue weighted by Crippen LogP contribution is -2.49. The minimum Gasteiger partial charge on any atom is -0.366 e. The van der Waals surface area contributed by atoms with E-state index in [1.54, 1.807) is 24.3 Å². The quantitative estimate of drug-likeness (QED) is 0.559. The first kappa shape index (κ1) is 22.5. The van der Waals surface area contributed by atoms with E-state index < -0.39 is 5.91 Å². The number of nitrogens with two attached hydrogens (primary N) is 1. The Morgan fingerprint density at radius 3 is 2.13 bits per heavy atom. The summed E-state index contributed by atoms with van der Waals surface area (Å²) >= 11 is 0. The van der Waals surface area contributed by atoms with E-state index in [0.29, 0.717) is 37.3 Å². The number of carbonyl (C=O) groups excluding carboxylic acids is 3. The standard InChI is InChI=1S/C23H29N5O3/c24-23(31)19-6-8-20(9-7-19)26-21(29)10-11-27-12-14-28(15-13-27)17-22(30)25-16-18-4-2-1-3-5-18/h1-9H,10-17H2,(H2,24,31)(H,25,30)(H,26,29). The van der Waals surface area contributed by atoms with Gasteiger partial charge in [0.15, 0.2) is 0 Å². The SMILES string of the molecule is NC(=O)c1ccc(NC(=O)CCN2CCN(CC(=O)NCc3ccccc3)CC2)cc1. The summed E-state index contributed by atoms with van der Waals surface area (Å²) in [7, 11) is 0. The molecule has 8 heteroatoms. The van der Waals surface area contributed by atoms with Crippen LogP contribution in [0, 0.1) is 0 Å². The largest absolute Gasteiger partial charge is 0.366 e. The average molecular weight is 424 g/mol. The number of hydrogen-bond donors (Lipinski definition) is 3. The maximum absolute atomic E-state index is 12.2. The smallest absolute Gasteiger partial charge is 0.248 e. The van der Waals surface area contributed by atoms with Crippen LogP contribution >= 0.6 is 0 Å². The van der Waals surface area contributed by atoms with Gasteiger partial charge < -0.3 is 21.3 Å². The Kier molecular flexibility index (Phi) is 8.14. The number of rotatable bonds is 9. The molecule has 1 aliphatic heterocycles. The lowest BCUT2D eigenvalue weighted by atomic mass is 10.2. The minimum absolute atomic E-state index is 0.0269. The Labute approximate surface area is 182 Å². The van der Waals surface area contributed by atoms with Crippen molar-refractivity contribution in [3.63, 3.8) is 0 Å². The first-order valence-corrected chi connectivity index (χ1v) is 10.4. The average Bonchev–Trinajstić information content (AvgIpc) is 2.78. The molecule has 0 aromatic heterocycles. The third-order valence-electron chi connectivity index (χ3n) is 5.27. The van der Waals surface area contributed by atoms with Crippen molar-refractivity contribution < 1.29 is 14.4 Å². The molecule has 1 fully saturated rings. The lowest BCUT2D eigenvalue weighted by molar-refractivity contribution is -0.122. The number of nitrogens with one attached hydrogen (secondary N) is 2. The van der Waals surface area contributed by atoms with Gasteiger partial charge in [-0.1, -0.05) is 30.3 Å². The lowest BCUT2D eigenvalue weighted by Gasteiger charge is -2.34. The van der Waals surface area contributed by atoms with Gasteiger partial charge >= 0.3 is 0 Å². The number of primary amides is 1. The molecule has 2 aromatic carbocycles. The van der Waals surface area contributed by atoms with Gasteiger partial charge in [-0.3, -0.25) is 19.3 Å². The van der Waals surface area contributed by atoms with Gasteiger partial charge in [0.05, 0.1) is 6.54 Å². The van der Waals surface area contributed by atoms with Crippen molar-refractivity contribution in [2.24, 2.45) is 5.73 Å². The predicted molar refractivity (Wildman–Crippen MR) is 119 cm³/mol. The van der Waals surface area contributed by atoms with Crippen LogP contribution in [0.5, 0.6) is 0 Å². The second kappa shape index (κ2) is 11.2. The third-order valence-corrected chi connectivity index (χ3v) is 5.27. The zero-order valence-corrected chi connectivity index (χ0v) is 17.5. The molecule has 1 aliphatic rings. The number of anilines is 1. The van der Waals surface area contributed by atoms with Crippen LogP contribution in [0.1, 0.15) is 22.3 Å². The van der Waals surface area contributed by atoms with Gasteiger partial charge in [0.25, 0.3) is 0 Å². The highest BCUT2D eigenvalue weighted by Gasteiger charge is 2.19. The Bertz CT molecular complexity index is 878. The summed E-state index contributed by atoms with van der Waals surface area (Å²) in [5, 5.41) is 5.79. The van der Waals surface area contributed by atoms with Crippen LogP contribution in [0.3, 0.4) is 0 Å². The summed E-state index contributed by atoms with van der Waals surface area (Å²) < 4.78 is 0. The van der Waals surface area contributed by atoms with Crippen molar-refractivity contribution in [3.8, 4) is 0 Å². The Morgan fingerprint density at radius 2 is 1.48 bits per heavy atom. The molecular weight excluding hydrogens is 394 g/mol. The molecule has 0 atom stereocenters. The number of hydrogen-bond acceptors (Lipinski definition) is 5. The highest BCUT2D eigenvalue weighted by atomic mass is 16.2. The van der Waals surface area contributed by atoms with Gasteiger partial charge in [0, 0.05) is 56.9 Å². The van der Waals surface area contributed by atoms with Gasteiger partial charge in [-0.25, -0.2) is 0 Å². The zero-order chi connectivity index (χ0) is 22.1. The van der Waals surface area contributed by atoms with Crippen LogP contribution in [0.25, 0.3) is 0 Å². The fraction of sp³-hybridized carbons (Fsp3) is 0.348. The normalized spacial score (nSPS) is 14.7. The Hall–Kier alpha value is -3.23. The second-order valence-corrected chi connectivity index (χ2v) is 7.62. The first-order valence-electron chi connectivity index (χ1n) is 10.4. The molecular formula is C23H29N5O3. The van der Waals surface area contributed by atoms with E-state index in [0.717, 1.165) is 31.7 Å². The van der Waals surface area contributed by atoms with Crippen LogP contribution in [0.4, 0.5) is 5.69 Å². The molecule has 0 bridgehead atoms. The van der Waals surface area contributed by atoms with E-state index in [1.165, 1.54) is 0 Å². The van der Waals surface area contributed by atoms with Crippen molar-refractivity contribution in [3.05, 3.63) is 65.7 Å². The summed E-state index contributed by atoms with van der Waals surface area (Å²) in [6.45, 7) is 4.85. The van der Waals surface area contributed by atoms with Crippen LogP contribution in [0.15, 0.2) is 54.6 Å². The Balaban J connectivity index is 1.31. The topological polar surface area (TPSA) is 108 Å². The Morgan fingerprint density at radius 1 is 0.839 bits per heavy atom. The molecule has 4 N–H and O–H groups in total. The highest BCUT2D eigenvalue weighted by molar-refractivity contribution is 5.94. The molecule has 8 nitrogen and oxygen atoms in total. The van der Waals surface area contributed by atoms with Crippen LogP contribution in [0.2, 0.25) is 0 Å². The van der Waals surface area contributed by atoms with Gasteiger partial charge in [-0.05, 0) is 29.8 Å². The molecule has 3 rings (SSSR count). The fourth-order valence-corrected chi connectivity index (χ4v) is 3.43. The van der Waals surface area contributed by atoms with Gasteiger partial charge in [0.2, 0.25) is 17.7 Å². The fourth-order valence-electron chi connectivity index (χ4n) is 3.43. The van der Waals surface area contributed by atoms with E-state index in [4.69, 9.17) is 5.73 Å². The monoisotopic (exact) mass is 423 g/mol. The number of nitrogens with zero attached hydrogens (tertiary/aromatic N) is 2. The highest BCUT2D eigenvalue weighted by Crippen LogP contribution is 2.10. The van der Waals surface area contributed by atoms with Crippen molar-refractivity contribution in [1.82, 2.24) is 15.1 Å². The molecule has 164 valence electrons. The number of carbonyl (C=O) groups is 3. The van der Waals surface area contributed by atoms with Gasteiger partial charge in [0.1, 0.15) is 0 Å². The van der Waals surface area contributed by atoms with E-state index in [1.807, 2.05) is 30.3 Å². The van der Waals surface area contributed by atoms with Crippen LogP contribution < -0.4 is 16.4 Å². The van der Waals surface area contributed by atoms with Crippen LogP contribution in [-0.2, 0) is 16.1 Å². The molecule has 2 aromatic rings. The molecule has 0 aliphatic carbocycles. The number of amides is 3. The molecule has 31 heavy (non-hydrogen) atoms. The summed E-state index contributed by atoms with van der Waals surface area (Å²) in [5.74, 6) is -0.542. The summed E-state index contributed by atoms with van der Waals surface area (Å²) in [5.41, 5.74) is 7.35. The summed E-state index contributed by atoms with van der Waals surface area (Å²) in [4.78, 5) is 39.8. The van der Waals surface area contributed by atoms with E-state index in [-0.39, 0.29) is 11.8 Å².